The molecule has 1 aliphatic heterocycles. The summed E-state index contributed by atoms with van der Waals surface area (Å²) >= 11 is 6.45. The molecule has 5 heteroatoms. The fourth-order valence-corrected chi connectivity index (χ4v) is 4.63. The Kier molecular flexibility index (Phi) is 4.44. The largest absolute Gasteiger partial charge is 0.464 e. The Bertz CT molecular complexity index is 1130. The number of furan rings is 1. The van der Waals surface area contributed by atoms with Crippen molar-refractivity contribution in [1.29, 1.82) is 0 Å². The summed E-state index contributed by atoms with van der Waals surface area (Å²) in [6.45, 7) is 1.91. The molecule has 5 rings (SSSR count). The standard InChI is InChI=1S/C24H21ClN2O2/c1-14-10-11-22(29-14)24-23-20(26-18-8-4-5-9-19(18)27-24)12-15(13-21(23)28)16-6-2-3-7-17(16)25/h2-11,15,24,26-27H,12-13H2,1H3/t15-,24+/m0/s1. The number of Topliss-reactive ketones (excluding diaryl/α,β-unsaturated/α-hetero) is 1. The van der Waals surface area contributed by atoms with E-state index in [1.807, 2.05) is 67.6 Å². The molecule has 2 atom stereocenters. The number of ketones is 1. The monoisotopic (exact) mass is 404 g/mol. The van der Waals surface area contributed by atoms with E-state index in [0.29, 0.717) is 11.4 Å². The van der Waals surface area contributed by atoms with Crippen LogP contribution >= 0.6 is 11.6 Å². The summed E-state index contributed by atoms with van der Waals surface area (Å²) < 4.78 is 5.92. The zero-order valence-corrected chi connectivity index (χ0v) is 16.8. The van der Waals surface area contributed by atoms with E-state index in [9.17, 15) is 4.79 Å². The number of carbonyl (C=O) groups is 1. The van der Waals surface area contributed by atoms with Crippen LogP contribution < -0.4 is 10.6 Å². The van der Waals surface area contributed by atoms with E-state index in [2.05, 4.69) is 10.6 Å². The summed E-state index contributed by atoms with van der Waals surface area (Å²) in [6, 6.07) is 19.3. The first kappa shape index (κ1) is 18.1. The van der Waals surface area contributed by atoms with Crippen LogP contribution in [0.5, 0.6) is 0 Å². The minimum atomic E-state index is -0.324. The Labute approximate surface area is 174 Å². The molecule has 1 aliphatic carbocycles. The van der Waals surface area contributed by atoms with Crippen LogP contribution in [0.3, 0.4) is 0 Å². The maximum Gasteiger partial charge on any atom is 0.163 e. The SMILES string of the molecule is Cc1ccc([C@H]2Nc3ccccc3NC3=C2C(=O)C[C@@H](c2ccccc2Cl)C3)o1. The Hall–Kier alpha value is -2.98. The molecule has 2 aromatic carbocycles. The molecular weight excluding hydrogens is 384 g/mol. The van der Waals surface area contributed by atoms with Crippen LogP contribution in [0.2, 0.25) is 5.02 Å². The van der Waals surface area contributed by atoms with Crippen LogP contribution in [0, 0.1) is 6.92 Å². The average molecular weight is 405 g/mol. The van der Waals surface area contributed by atoms with Crippen molar-refractivity contribution in [1.82, 2.24) is 0 Å². The fraction of sp³-hybridized carbons (Fsp3) is 0.208. The van der Waals surface area contributed by atoms with Gasteiger partial charge in [0, 0.05) is 22.7 Å². The number of anilines is 2. The molecule has 0 spiro atoms. The number of allylic oxidation sites excluding steroid dienone is 1. The summed E-state index contributed by atoms with van der Waals surface area (Å²) in [6.07, 6.45) is 1.15. The molecule has 2 N–H and O–H groups in total. The van der Waals surface area contributed by atoms with Crippen LogP contribution in [0.1, 0.15) is 41.9 Å². The number of hydrogen-bond donors (Lipinski definition) is 2. The van der Waals surface area contributed by atoms with E-state index in [1.54, 1.807) is 0 Å². The van der Waals surface area contributed by atoms with Gasteiger partial charge in [0.1, 0.15) is 17.6 Å². The first-order valence-electron chi connectivity index (χ1n) is 9.80. The Morgan fingerprint density at radius 3 is 2.48 bits per heavy atom. The summed E-state index contributed by atoms with van der Waals surface area (Å²) in [5.74, 6) is 1.74. The summed E-state index contributed by atoms with van der Waals surface area (Å²) in [5.41, 5.74) is 4.61. The van der Waals surface area contributed by atoms with Crippen molar-refractivity contribution in [3.05, 3.63) is 94.0 Å². The topological polar surface area (TPSA) is 54.3 Å². The molecule has 0 radical (unpaired) electrons. The van der Waals surface area contributed by atoms with Crippen molar-refractivity contribution in [3.63, 3.8) is 0 Å². The predicted molar refractivity (Wildman–Crippen MR) is 115 cm³/mol. The Balaban J connectivity index is 1.62. The van der Waals surface area contributed by atoms with Crippen molar-refractivity contribution in [3.8, 4) is 0 Å². The third-order valence-corrected chi connectivity index (χ3v) is 6.04. The van der Waals surface area contributed by atoms with Crippen LogP contribution in [0.15, 0.2) is 76.4 Å². The second-order valence-electron chi connectivity index (χ2n) is 7.64. The molecule has 29 heavy (non-hydrogen) atoms. The quantitative estimate of drug-likeness (QED) is 0.532. The van der Waals surface area contributed by atoms with Gasteiger partial charge < -0.3 is 15.1 Å². The highest BCUT2D eigenvalue weighted by Gasteiger charge is 2.37. The molecule has 4 nitrogen and oxygen atoms in total. The molecular formula is C24H21ClN2O2. The lowest BCUT2D eigenvalue weighted by Crippen LogP contribution is -2.26. The van der Waals surface area contributed by atoms with Crippen molar-refractivity contribution < 1.29 is 9.21 Å². The van der Waals surface area contributed by atoms with Gasteiger partial charge in [-0.3, -0.25) is 4.79 Å². The van der Waals surface area contributed by atoms with Crippen LogP contribution in [0.25, 0.3) is 0 Å². The maximum absolute atomic E-state index is 13.4. The molecule has 0 unspecified atom stereocenters. The Morgan fingerprint density at radius 1 is 0.966 bits per heavy atom. The van der Waals surface area contributed by atoms with E-state index in [0.717, 1.165) is 46.1 Å². The van der Waals surface area contributed by atoms with E-state index < -0.39 is 0 Å². The average Bonchev–Trinajstić information content (AvgIpc) is 3.06. The number of carbonyl (C=O) groups excluding carboxylic acids is 1. The molecule has 0 saturated heterocycles. The van der Waals surface area contributed by atoms with Gasteiger partial charge in [0.15, 0.2) is 5.78 Å². The van der Waals surface area contributed by atoms with E-state index in [1.165, 1.54) is 0 Å². The van der Waals surface area contributed by atoms with Crippen LogP contribution in [-0.4, -0.2) is 5.78 Å². The molecule has 0 amide bonds. The molecule has 0 bridgehead atoms. The van der Waals surface area contributed by atoms with Gasteiger partial charge in [-0.2, -0.15) is 0 Å². The zero-order chi connectivity index (χ0) is 20.0. The minimum absolute atomic E-state index is 0.0479. The van der Waals surface area contributed by atoms with Crippen molar-refractivity contribution in [2.45, 2.75) is 31.7 Å². The highest BCUT2D eigenvalue weighted by molar-refractivity contribution is 6.31. The van der Waals surface area contributed by atoms with Gasteiger partial charge >= 0.3 is 0 Å². The van der Waals surface area contributed by atoms with Gasteiger partial charge in [-0.05, 0) is 55.2 Å². The second kappa shape index (κ2) is 7.12. The lowest BCUT2D eigenvalue weighted by Gasteiger charge is -2.29. The van der Waals surface area contributed by atoms with Crippen LogP contribution in [-0.2, 0) is 4.79 Å². The van der Waals surface area contributed by atoms with Gasteiger partial charge in [-0.15, -0.1) is 0 Å². The molecule has 1 aromatic heterocycles. The number of aryl methyl sites for hydroxylation is 1. The highest BCUT2D eigenvalue weighted by atomic mass is 35.5. The van der Waals surface area contributed by atoms with E-state index in [-0.39, 0.29) is 17.7 Å². The van der Waals surface area contributed by atoms with Crippen molar-refractivity contribution in [2.75, 3.05) is 10.6 Å². The summed E-state index contributed by atoms with van der Waals surface area (Å²) in [7, 11) is 0. The lowest BCUT2D eigenvalue weighted by atomic mass is 9.79. The van der Waals surface area contributed by atoms with E-state index >= 15 is 0 Å². The van der Waals surface area contributed by atoms with Gasteiger partial charge in [0.05, 0.1) is 11.4 Å². The highest BCUT2D eigenvalue weighted by Crippen LogP contribution is 2.45. The summed E-state index contributed by atoms with van der Waals surface area (Å²) in [5, 5.41) is 7.76. The number of hydrogen-bond acceptors (Lipinski definition) is 4. The molecule has 3 aromatic rings. The van der Waals surface area contributed by atoms with E-state index in [4.69, 9.17) is 16.0 Å². The molecule has 146 valence electrons. The van der Waals surface area contributed by atoms with Gasteiger partial charge in [0.25, 0.3) is 0 Å². The Morgan fingerprint density at radius 2 is 1.72 bits per heavy atom. The fourth-order valence-electron chi connectivity index (χ4n) is 4.34. The second-order valence-corrected chi connectivity index (χ2v) is 8.05. The number of benzene rings is 2. The number of halogens is 1. The number of fused-ring (bicyclic) bond motifs is 1. The third-order valence-electron chi connectivity index (χ3n) is 5.70. The smallest absolute Gasteiger partial charge is 0.163 e. The van der Waals surface area contributed by atoms with Crippen LogP contribution in [0.4, 0.5) is 11.4 Å². The molecule has 2 aliphatic rings. The first-order valence-corrected chi connectivity index (χ1v) is 10.2. The molecule has 0 saturated carbocycles. The third kappa shape index (κ3) is 3.23. The first-order chi connectivity index (χ1) is 14.1. The number of nitrogens with one attached hydrogen (secondary N) is 2. The lowest BCUT2D eigenvalue weighted by molar-refractivity contribution is -0.116. The van der Waals surface area contributed by atoms with Crippen molar-refractivity contribution >= 4 is 28.8 Å². The normalized spacial score (nSPS) is 21.0. The number of rotatable bonds is 2. The number of para-hydroxylation sites is 2. The minimum Gasteiger partial charge on any atom is -0.464 e. The zero-order valence-electron chi connectivity index (χ0n) is 16.0. The van der Waals surface area contributed by atoms with Gasteiger partial charge in [0.2, 0.25) is 0 Å². The molecule has 2 heterocycles. The van der Waals surface area contributed by atoms with Gasteiger partial charge in [-0.25, -0.2) is 0 Å². The molecule has 0 fully saturated rings. The van der Waals surface area contributed by atoms with Gasteiger partial charge in [-0.1, -0.05) is 41.9 Å². The van der Waals surface area contributed by atoms with Crippen molar-refractivity contribution in [2.24, 2.45) is 0 Å². The summed E-state index contributed by atoms with van der Waals surface area (Å²) in [4.78, 5) is 13.4. The predicted octanol–water partition coefficient (Wildman–Crippen LogP) is 6.22. The maximum atomic E-state index is 13.4.